The van der Waals surface area contributed by atoms with Crippen molar-refractivity contribution >= 4 is 47.5 Å². The summed E-state index contributed by atoms with van der Waals surface area (Å²) in [5, 5.41) is 1.15. The van der Waals surface area contributed by atoms with Gasteiger partial charge in [-0.15, -0.1) is 12.4 Å². The Labute approximate surface area is 105 Å². The van der Waals surface area contributed by atoms with Crippen molar-refractivity contribution < 1.29 is 4.79 Å². The Balaban J connectivity index is 0.00000196. The Morgan fingerprint density at radius 1 is 1.40 bits per heavy atom. The van der Waals surface area contributed by atoms with Crippen molar-refractivity contribution in [1.29, 1.82) is 0 Å². The average molecular weight is 266 g/mol. The topological polar surface area (TPSA) is 17.1 Å². The summed E-state index contributed by atoms with van der Waals surface area (Å²) in [6.45, 7) is 1.82. The summed E-state index contributed by atoms with van der Waals surface area (Å²) in [6, 6.07) is 5.17. The summed E-state index contributed by atoms with van der Waals surface area (Å²) in [5.41, 5.74) is 0.804. The number of ketones is 1. The Hall–Kier alpha value is -0.500. The molecule has 0 saturated heterocycles. The van der Waals surface area contributed by atoms with Crippen LogP contribution in [0.5, 0.6) is 0 Å². The number of carbonyl (C=O) groups is 1. The third kappa shape index (κ3) is 4.70. The van der Waals surface area contributed by atoms with Crippen LogP contribution in [0.2, 0.25) is 10.0 Å². The van der Waals surface area contributed by atoms with Crippen molar-refractivity contribution in [3.8, 4) is 0 Å². The predicted molar refractivity (Wildman–Crippen MR) is 68.0 cm³/mol. The van der Waals surface area contributed by atoms with E-state index in [1.54, 1.807) is 24.3 Å². The molecule has 0 atom stereocenters. The fraction of sp³-hybridized carbons (Fsp3) is 0.182. The first-order chi connectivity index (χ1) is 6.63. The van der Waals surface area contributed by atoms with E-state index in [4.69, 9.17) is 23.2 Å². The van der Waals surface area contributed by atoms with Gasteiger partial charge in [-0.05, 0) is 29.8 Å². The van der Waals surface area contributed by atoms with Gasteiger partial charge in [0.2, 0.25) is 0 Å². The standard InChI is InChI=1S/C11H10Cl2O.ClH/c1-2-10(14)6-4-8-3-5-9(12)7-11(8)13;/h3-7H,2H2,1H3;1H. The highest BCUT2D eigenvalue weighted by atomic mass is 35.5. The van der Waals surface area contributed by atoms with Gasteiger partial charge >= 0.3 is 0 Å². The van der Waals surface area contributed by atoms with Crippen molar-refractivity contribution in [2.75, 3.05) is 0 Å². The minimum atomic E-state index is 0. The summed E-state index contributed by atoms with van der Waals surface area (Å²) < 4.78 is 0. The van der Waals surface area contributed by atoms with Crippen LogP contribution < -0.4 is 0 Å². The molecule has 0 bridgehead atoms. The molecule has 0 aromatic heterocycles. The van der Waals surface area contributed by atoms with Gasteiger partial charge in [0.15, 0.2) is 5.78 Å². The summed E-state index contributed by atoms with van der Waals surface area (Å²) in [6.07, 6.45) is 3.72. The molecule has 1 nitrogen and oxygen atoms in total. The van der Waals surface area contributed by atoms with Gasteiger partial charge in [0.1, 0.15) is 0 Å². The minimum absolute atomic E-state index is 0. The van der Waals surface area contributed by atoms with Gasteiger partial charge in [0, 0.05) is 16.5 Å². The summed E-state index contributed by atoms with van der Waals surface area (Å²) >= 11 is 11.6. The van der Waals surface area contributed by atoms with Crippen LogP contribution in [-0.4, -0.2) is 5.78 Å². The van der Waals surface area contributed by atoms with Gasteiger partial charge in [-0.1, -0.05) is 36.2 Å². The van der Waals surface area contributed by atoms with Gasteiger partial charge in [0.05, 0.1) is 0 Å². The van der Waals surface area contributed by atoms with Gasteiger partial charge in [-0.2, -0.15) is 0 Å². The number of hydrogen-bond acceptors (Lipinski definition) is 1. The molecular weight excluding hydrogens is 254 g/mol. The van der Waals surface area contributed by atoms with Gasteiger partial charge in [-0.25, -0.2) is 0 Å². The van der Waals surface area contributed by atoms with Gasteiger partial charge < -0.3 is 0 Å². The molecule has 0 heterocycles. The van der Waals surface area contributed by atoms with E-state index >= 15 is 0 Å². The fourth-order valence-corrected chi connectivity index (χ4v) is 1.41. The van der Waals surface area contributed by atoms with Crippen molar-refractivity contribution in [3.63, 3.8) is 0 Å². The van der Waals surface area contributed by atoms with Gasteiger partial charge in [0.25, 0.3) is 0 Å². The maximum Gasteiger partial charge on any atom is 0.155 e. The Kier molecular flexibility index (Phi) is 6.66. The summed E-state index contributed by atoms with van der Waals surface area (Å²) in [7, 11) is 0. The summed E-state index contributed by atoms with van der Waals surface area (Å²) in [4.78, 5) is 11.0. The molecule has 0 radical (unpaired) electrons. The molecule has 0 saturated carbocycles. The molecule has 1 aromatic rings. The van der Waals surface area contributed by atoms with Crippen LogP contribution in [0.1, 0.15) is 18.9 Å². The van der Waals surface area contributed by atoms with E-state index < -0.39 is 0 Å². The lowest BCUT2D eigenvalue weighted by molar-refractivity contribution is -0.114. The number of halogens is 3. The maximum atomic E-state index is 11.0. The van der Waals surface area contributed by atoms with E-state index in [1.165, 1.54) is 6.08 Å². The van der Waals surface area contributed by atoms with Crippen LogP contribution in [0.15, 0.2) is 24.3 Å². The molecule has 1 rings (SSSR count). The molecule has 1 aromatic carbocycles. The fourth-order valence-electron chi connectivity index (χ4n) is 0.937. The molecule has 0 N–H and O–H groups in total. The molecule has 0 aliphatic carbocycles. The maximum absolute atomic E-state index is 11.0. The van der Waals surface area contributed by atoms with Crippen molar-refractivity contribution in [2.24, 2.45) is 0 Å². The average Bonchev–Trinajstić information content (AvgIpc) is 2.16. The summed E-state index contributed by atoms with van der Waals surface area (Å²) in [5.74, 6) is 0.0796. The first-order valence-electron chi connectivity index (χ1n) is 4.29. The van der Waals surface area contributed by atoms with Crippen LogP contribution >= 0.6 is 35.6 Å². The van der Waals surface area contributed by atoms with E-state index in [-0.39, 0.29) is 18.2 Å². The van der Waals surface area contributed by atoms with E-state index in [9.17, 15) is 4.79 Å². The van der Waals surface area contributed by atoms with E-state index in [2.05, 4.69) is 0 Å². The second kappa shape index (κ2) is 6.89. The molecule has 0 fully saturated rings. The highest BCUT2D eigenvalue weighted by Crippen LogP contribution is 2.21. The third-order valence-corrected chi connectivity index (χ3v) is 2.32. The zero-order valence-corrected chi connectivity index (χ0v) is 10.5. The Morgan fingerprint density at radius 2 is 2.07 bits per heavy atom. The number of hydrogen-bond donors (Lipinski definition) is 0. The molecule has 4 heteroatoms. The monoisotopic (exact) mass is 264 g/mol. The second-order valence-corrected chi connectivity index (χ2v) is 3.66. The largest absolute Gasteiger partial charge is 0.295 e. The number of carbonyl (C=O) groups excluding carboxylic acids is 1. The lowest BCUT2D eigenvalue weighted by Gasteiger charge is -1.97. The Bertz CT molecular complexity index is 372. The molecule has 0 amide bonds. The zero-order chi connectivity index (χ0) is 10.6. The Morgan fingerprint density at radius 3 is 2.60 bits per heavy atom. The molecule has 0 aliphatic heterocycles. The van der Waals surface area contributed by atoms with Crippen molar-refractivity contribution in [2.45, 2.75) is 13.3 Å². The number of allylic oxidation sites excluding steroid dienone is 1. The third-order valence-electron chi connectivity index (χ3n) is 1.76. The van der Waals surface area contributed by atoms with Crippen LogP contribution in [0.3, 0.4) is 0 Å². The first kappa shape index (κ1) is 14.5. The van der Waals surface area contributed by atoms with Crippen LogP contribution in [0.4, 0.5) is 0 Å². The van der Waals surface area contributed by atoms with Gasteiger partial charge in [-0.3, -0.25) is 4.79 Å². The molecule has 15 heavy (non-hydrogen) atoms. The normalized spacial score (nSPS) is 10.1. The second-order valence-electron chi connectivity index (χ2n) is 2.82. The lowest BCUT2D eigenvalue weighted by Crippen LogP contribution is -1.86. The van der Waals surface area contributed by atoms with Crippen LogP contribution in [-0.2, 0) is 4.79 Å². The van der Waals surface area contributed by atoms with Crippen LogP contribution in [0, 0.1) is 0 Å². The lowest BCUT2D eigenvalue weighted by atomic mass is 10.2. The minimum Gasteiger partial charge on any atom is -0.295 e. The molecular formula is C11H11Cl3O. The molecule has 82 valence electrons. The number of benzene rings is 1. The highest BCUT2D eigenvalue weighted by molar-refractivity contribution is 6.35. The van der Waals surface area contributed by atoms with E-state index in [0.29, 0.717) is 16.5 Å². The zero-order valence-electron chi connectivity index (χ0n) is 8.17. The number of rotatable bonds is 3. The van der Waals surface area contributed by atoms with Crippen LogP contribution in [0.25, 0.3) is 6.08 Å². The molecule has 0 spiro atoms. The smallest absolute Gasteiger partial charge is 0.155 e. The predicted octanol–water partition coefficient (Wildman–Crippen LogP) is 4.41. The van der Waals surface area contributed by atoms with Crippen molar-refractivity contribution in [3.05, 3.63) is 39.9 Å². The van der Waals surface area contributed by atoms with Crippen molar-refractivity contribution in [1.82, 2.24) is 0 Å². The van der Waals surface area contributed by atoms with E-state index in [1.807, 2.05) is 6.92 Å². The molecule has 0 aliphatic rings. The quantitative estimate of drug-likeness (QED) is 0.740. The molecule has 0 unspecified atom stereocenters. The van der Waals surface area contributed by atoms with E-state index in [0.717, 1.165) is 5.56 Å². The SMILES string of the molecule is CCC(=O)C=Cc1ccc(Cl)cc1Cl.Cl. The first-order valence-corrected chi connectivity index (χ1v) is 5.05. The highest BCUT2D eigenvalue weighted by Gasteiger charge is 1.98.